The number of thioether (sulfide) groups is 3. The van der Waals surface area contributed by atoms with E-state index < -0.39 is 29.2 Å². The molecule has 4 rings (SSSR count). The largest absolute Gasteiger partial charge is 0.477 e. The van der Waals surface area contributed by atoms with Crippen molar-refractivity contribution in [2.45, 2.75) is 16.6 Å². The first-order chi connectivity index (χ1) is 17.8. The van der Waals surface area contributed by atoms with Gasteiger partial charge in [0.2, 0.25) is 11.6 Å². The van der Waals surface area contributed by atoms with Crippen LogP contribution in [0, 0.1) is 0 Å². The molecular formula is C18H19N9O6S4. The molecule has 15 nitrogen and oxygen atoms in total. The van der Waals surface area contributed by atoms with E-state index >= 15 is 0 Å². The molecule has 0 spiro atoms. The van der Waals surface area contributed by atoms with Crippen LogP contribution in [-0.4, -0.2) is 100 Å². The molecule has 3 amide bonds. The number of nitrogens with one attached hydrogen (secondary N) is 2. The van der Waals surface area contributed by atoms with Crippen molar-refractivity contribution in [2.75, 3.05) is 29.0 Å². The SMILES string of the molecule is CSCON=C(C(=O)NC1C(=O)N2C(C(=O)O)=C(CSc3nnnn3C)CS[C@@H]12)c1csc(NC=O)n1. The molecule has 0 aliphatic carbocycles. The Morgan fingerprint density at radius 1 is 1.43 bits per heavy atom. The minimum absolute atomic E-state index is 0.108. The number of tetrazole rings is 1. The van der Waals surface area contributed by atoms with Gasteiger partial charge in [-0.2, -0.15) is 0 Å². The van der Waals surface area contributed by atoms with Crippen molar-refractivity contribution >= 4 is 81.7 Å². The van der Waals surface area contributed by atoms with Gasteiger partial charge in [0, 0.05) is 23.9 Å². The number of thiazole rings is 1. The number of amides is 3. The van der Waals surface area contributed by atoms with Crippen LogP contribution in [0.15, 0.2) is 27.0 Å². The number of aryl methyl sites for hydroxylation is 1. The average Bonchev–Trinajstić information content (AvgIpc) is 3.51. The summed E-state index contributed by atoms with van der Waals surface area (Å²) in [5, 5.41) is 31.6. The molecule has 19 heteroatoms. The second kappa shape index (κ2) is 11.9. The van der Waals surface area contributed by atoms with Crippen LogP contribution in [0.1, 0.15) is 5.69 Å². The lowest BCUT2D eigenvalue weighted by atomic mass is 10.0. The monoisotopic (exact) mass is 585 g/mol. The summed E-state index contributed by atoms with van der Waals surface area (Å²) in [5.41, 5.74) is 0.407. The summed E-state index contributed by atoms with van der Waals surface area (Å²) in [7, 11) is 1.67. The number of β-lactam (4-membered cyclic amide) rings is 1. The van der Waals surface area contributed by atoms with E-state index in [0.29, 0.717) is 22.9 Å². The fourth-order valence-corrected chi connectivity index (χ4v) is 6.49. The number of carbonyl (C=O) groups excluding carboxylic acids is 3. The Hall–Kier alpha value is -3.16. The molecular weight excluding hydrogens is 567 g/mol. The highest BCUT2D eigenvalue weighted by molar-refractivity contribution is 8.01. The molecule has 2 aromatic rings. The van der Waals surface area contributed by atoms with Crippen molar-refractivity contribution in [3.63, 3.8) is 0 Å². The Kier molecular flexibility index (Phi) is 8.67. The van der Waals surface area contributed by atoms with Gasteiger partial charge in [-0.3, -0.25) is 19.3 Å². The van der Waals surface area contributed by atoms with Gasteiger partial charge >= 0.3 is 5.97 Å². The number of aliphatic carboxylic acids is 1. The van der Waals surface area contributed by atoms with E-state index in [4.69, 9.17) is 4.84 Å². The number of oxime groups is 1. The average molecular weight is 586 g/mol. The Labute approximate surface area is 225 Å². The molecule has 1 unspecified atom stereocenters. The Balaban J connectivity index is 1.49. The lowest BCUT2D eigenvalue weighted by Crippen LogP contribution is -2.71. The molecule has 4 heterocycles. The molecule has 1 saturated heterocycles. The molecule has 0 saturated carbocycles. The number of hydrogen-bond acceptors (Lipinski definition) is 14. The number of hydrogen-bond donors (Lipinski definition) is 3. The van der Waals surface area contributed by atoms with E-state index in [9.17, 15) is 24.3 Å². The van der Waals surface area contributed by atoms with E-state index in [0.717, 1.165) is 11.3 Å². The smallest absolute Gasteiger partial charge is 0.352 e. The van der Waals surface area contributed by atoms with Crippen molar-refractivity contribution in [1.29, 1.82) is 0 Å². The second-order valence-corrected chi connectivity index (χ2v) is 11.0. The molecule has 1 fully saturated rings. The summed E-state index contributed by atoms with van der Waals surface area (Å²) in [5.74, 6) is -1.73. The Morgan fingerprint density at radius 3 is 2.92 bits per heavy atom. The van der Waals surface area contributed by atoms with Gasteiger partial charge in [0.25, 0.3) is 11.8 Å². The molecule has 2 atom stereocenters. The topological polar surface area (TPSA) is 194 Å². The first-order valence-electron chi connectivity index (χ1n) is 10.3. The lowest BCUT2D eigenvalue weighted by Gasteiger charge is -2.49. The highest BCUT2D eigenvalue weighted by Gasteiger charge is 2.54. The molecule has 196 valence electrons. The molecule has 2 aliphatic rings. The van der Waals surface area contributed by atoms with Gasteiger partial charge in [-0.15, -0.1) is 40.0 Å². The summed E-state index contributed by atoms with van der Waals surface area (Å²) in [6, 6.07) is -0.971. The third kappa shape index (κ3) is 5.73. The van der Waals surface area contributed by atoms with Crippen LogP contribution in [0.4, 0.5) is 5.13 Å². The lowest BCUT2D eigenvalue weighted by molar-refractivity contribution is -0.150. The van der Waals surface area contributed by atoms with E-state index in [-0.39, 0.29) is 33.9 Å². The van der Waals surface area contributed by atoms with Crippen LogP contribution in [0.2, 0.25) is 0 Å². The van der Waals surface area contributed by atoms with Crippen LogP contribution in [-0.2, 0) is 31.1 Å². The molecule has 2 aromatic heterocycles. The highest BCUT2D eigenvalue weighted by Crippen LogP contribution is 2.41. The van der Waals surface area contributed by atoms with E-state index in [1.54, 1.807) is 13.3 Å². The number of carbonyl (C=O) groups is 4. The number of nitrogens with zero attached hydrogens (tertiary/aromatic N) is 7. The van der Waals surface area contributed by atoms with Crippen LogP contribution in [0.25, 0.3) is 0 Å². The minimum Gasteiger partial charge on any atom is -0.477 e. The van der Waals surface area contributed by atoms with Crippen molar-refractivity contribution in [3.05, 3.63) is 22.3 Å². The Bertz CT molecular complexity index is 1280. The number of carboxylic acid groups (broad SMARTS) is 1. The summed E-state index contributed by atoms with van der Waals surface area (Å²) < 4.78 is 1.47. The van der Waals surface area contributed by atoms with Crippen LogP contribution < -0.4 is 10.6 Å². The third-order valence-corrected chi connectivity index (χ3v) is 8.51. The predicted octanol–water partition coefficient (Wildman–Crippen LogP) is -0.193. The van der Waals surface area contributed by atoms with E-state index in [2.05, 4.69) is 36.3 Å². The van der Waals surface area contributed by atoms with E-state index in [1.165, 1.54) is 50.2 Å². The normalized spacial score (nSPS) is 19.2. The summed E-state index contributed by atoms with van der Waals surface area (Å²) in [6.45, 7) is 0. The molecule has 37 heavy (non-hydrogen) atoms. The first kappa shape index (κ1) is 26.9. The van der Waals surface area contributed by atoms with Gasteiger partial charge in [-0.05, 0) is 22.3 Å². The standard InChI is InChI=1S/C18H19N9O6S4/c1-26-18(22-24-25-26)37-4-8-3-35-15-11(14(30)27(15)12(8)16(31)32)21-13(29)10(23-33-7-34-2)9-5-36-17(20-9)19-6-28/h5-6,11,15H,3-4,7H2,1-2H3,(H,21,29)(H,31,32)(H,19,20,28)/t11?,15-/m0/s1. The number of rotatable bonds is 12. The van der Waals surface area contributed by atoms with Crippen LogP contribution in [0.5, 0.6) is 0 Å². The maximum atomic E-state index is 13.1. The van der Waals surface area contributed by atoms with Gasteiger partial charge in [-0.1, -0.05) is 16.9 Å². The van der Waals surface area contributed by atoms with E-state index in [1.807, 2.05) is 0 Å². The number of anilines is 1. The van der Waals surface area contributed by atoms with Crippen LogP contribution in [0.3, 0.4) is 0 Å². The molecule has 0 radical (unpaired) electrons. The number of aromatic nitrogens is 5. The number of carboxylic acids is 1. The quantitative estimate of drug-likeness (QED) is 0.0565. The maximum Gasteiger partial charge on any atom is 0.352 e. The molecule has 0 bridgehead atoms. The third-order valence-electron chi connectivity index (χ3n) is 4.96. The summed E-state index contributed by atoms with van der Waals surface area (Å²) >= 11 is 5.02. The predicted molar refractivity (Wildman–Crippen MR) is 137 cm³/mol. The molecule has 2 aliphatic heterocycles. The summed E-state index contributed by atoms with van der Waals surface area (Å²) in [4.78, 5) is 59.3. The minimum atomic E-state index is -1.24. The fraction of sp³-hybridized carbons (Fsp3) is 0.389. The Morgan fingerprint density at radius 2 is 2.24 bits per heavy atom. The molecule has 3 N–H and O–H groups in total. The fourth-order valence-electron chi connectivity index (χ4n) is 3.35. The van der Waals surface area contributed by atoms with Gasteiger partial charge in [-0.25, -0.2) is 14.5 Å². The zero-order chi connectivity index (χ0) is 26.5. The van der Waals surface area contributed by atoms with Crippen molar-refractivity contribution in [2.24, 2.45) is 12.2 Å². The van der Waals surface area contributed by atoms with Gasteiger partial charge in [0.1, 0.15) is 22.8 Å². The van der Waals surface area contributed by atoms with Crippen molar-refractivity contribution in [1.82, 2.24) is 35.4 Å². The van der Waals surface area contributed by atoms with Crippen molar-refractivity contribution < 1.29 is 29.1 Å². The maximum absolute atomic E-state index is 13.1. The summed E-state index contributed by atoms with van der Waals surface area (Å²) in [6.07, 6.45) is 2.24. The van der Waals surface area contributed by atoms with Crippen molar-refractivity contribution in [3.8, 4) is 0 Å². The van der Waals surface area contributed by atoms with Crippen LogP contribution >= 0.6 is 46.6 Å². The van der Waals surface area contributed by atoms with Gasteiger partial charge in [0.15, 0.2) is 16.8 Å². The highest BCUT2D eigenvalue weighted by atomic mass is 32.2. The second-order valence-electron chi connectivity index (χ2n) is 7.27. The zero-order valence-corrected chi connectivity index (χ0v) is 22.4. The number of fused-ring (bicyclic) bond motifs is 1. The van der Waals surface area contributed by atoms with Gasteiger partial charge in [0.05, 0.1) is 0 Å². The molecule has 0 aromatic carbocycles. The zero-order valence-electron chi connectivity index (χ0n) is 19.2. The first-order valence-corrected chi connectivity index (χ1v) is 14.6. The van der Waals surface area contributed by atoms with Gasteiger partial charge < -0.3 is 20.6 Å².